The van der Waals surface area contributed by atoms with E-state index in [1.54, 1.807) is 12.2 Å². The number of hydrogen-bond acceptors (Lipinski definition) is 3. The summed E-state index contributed by atoms with van der Waals surface area (Å²) in [6, 6.07) is 0. The van der Waals surface area contributed by atoms with Gasteiger partial charge in [-0.25, -0.2) is 0 Å². The van der Waals surface area contributed by atoms with Gasteiger partial charge in [-0.05, 0) is 102 Å². The maximum atomic E-state index is 9.93. The molecule has 0 fully saturated rings. The second-order valence-corrected chi connectivity index (χ2v) is 12.7. The first kappa shape index (κ1) is 45.8. The largest absolute Gasteiger partial charge is 0.377 e. The smallest absolute Gasteiger partial charge is 0.176 e. The van der Waals surface area contributed by atoms with Gasteiger partial charge in [-0.1, -0.05) is 149 Å². The molecule has 49 heavy (non-hydrogen) atoms. The third kappa shape index (κ3) is 39.1. The Kier molecular flexibility index (Phi) is 36.7. The molecule has 3 unspecified atom stereocenters. The van der Waals surface area contributed by atoms with E-state index in [0.717, 1.165) is 64.2 Å². The molecule has 0 aromatic carbocycles. The number of unbranched alkanes of at least 4 members (excludes halogenated alkanes) is 21. The van der Waals surface area contributed by atoms with E-state index in [1.807, 2.05) is 18.2 Å². The minimum atomic E-state index is -0.874. The molecule has 0 rings (SSSR count). The predicted molar refractivity (Wildman–Crippen MR) is 212 cm³/mol. The van der Waals surface area contributed by atoms with Gasteiger partial charge >= 0.3 is 0 Å². The Morgan fingerprint density at radius 2 is 0.776 bits per heavy atom. The Morgan fingerprint density at radius 1 is 0.408 bits per heavy atom. The van der Waals surface area contributed by atoms with Crippen molar-refractivity contribution in [2.24, 2.45) is 0 Å². The van der Waals surface area contributed by atoms with Crippen LogP contribution in [-0.2, 0) is 0 Å². The second kappa shape index (κ2) is 39.3. The number of allylic oxidation sites excluding steroid dienone is 8. The highest BCUT2D eigenvalue weighted by Gasteiger charge is 1.95. The van der Waals surface area contributed by atoms with E-state index in [-0.39, 0.29) is 0 Å². The molecule has 0 spiro atoms. The lowest BCUT2D eigenvalue weighted by molar-refractivity contribution is 0.280. The van der Waals surface area contributed by atoms with E-state index in [0.29, 0.717) is 0 Å². The van der Waals surface area contributed by atoms with Crippen molar-refractivity contribution < 1.29 is 15.3 Å². The van der Waals surface area contributed by atoms with Crippen LogP contribution in [0.3, 0.4) is 0 Å². The van der Waals surface area contributed by atoms with Crippen LogP contribution >= 0.6 is 0 Å². The zero-order valence-electron chi connectivity index (χ0n) is 30.7. The molecule has 0 aliphatic rings. The minimum Gasteiger partial charge on any atom is -0.377 e. The van der Waals surface area contributed by atoms with Crippen molar-refractivity contribution in [1.29, 1.82) is 0 Å². The molecular formula is C46H68O3. The van der Waals surface area contributed by atoms with Crippen molar-refractivity contribution in [1.82, 2.24) is 0 Å². The van der Waals surface area contributed by atoms with E-state index < -0.39 is 18.3 Å². The van der Waals surface area contributed by atoms with Crippen molar-refractivity contribution in [3.05, 3.63) is 60.8 Å². The molecule has 0 aromatic rings. The summed E-state index contributed by atoms with van der Waals surface area (Å²) in [7, 11) is 0. The summed E-state index contributed by atoms with van der Waals surface area (Å²) in [5, 5.41) is 28.4. The quantitative estimate of drug-likeness (QED) is 0.0406. The molecular weight excluding hydrogens is 601 g/mol. The Labute approximate surface area is 302 Å². The number of terminal acetylenes is 2. The lowest BCUT2D eigenvalue weighted by Gasteiger charge is -2.02. The summed E-state index contributed by atoms with van der Waals surface area (Å²) >= 11 is 0. The van der Waals surface area contributed by atoms with Gasteiger partial charge in [-0.15, -0.1) is 12.8 Å². The zero-order chi connectivity index (χ0) is 35.7. The van der Waals surface area contributed by atoms with Gasteiger partial charge < -0.3 is 15.3 Å². The molecule has 3 heteroatoms. The Bertz CT molecular complexity index is 1100. The molecule has 0 saturated heterocycles. The van der Waals surface area contributed by atoms with E-state index in [4.69, 9.17) is 12.8 Å². The van der Waals surface area contributed by atoms with Gasteiger partial charge in [0.25, 0.3) is 0 Å². The summed E-state index contributed by atoms with van der Waals surface area (Å²) in [4.78, 5) is 0. The average Bonchev–Trinajstić information content (AvgIpc) is 3.11. The van der Waals surface area contributed by atoms with Crippen molar-refractivity contribution in [3.8, 4) is 48.4 Å². The molecule has 3 nitrogen and oxygen atoms in total. The normalized spacial score (nSPS) is 13.4. The van der Waals surface area contributed by atoms with Crippen LogP contribution in [0.5, 0.6) is 0 Å². The topological polar surface area (TPSA) is 60.7 Å². The first-order chi connectivity index (χ1) is 24.1. The Balaban J connectivity index is 3.52. The van der Waals surface area contributed by atoms with Crippen LogP contribution in [0.1, 0.15) is 161 Å². The van der Waals surface area contributed by atoms with Crippen molar-refractivity contribution >= 4 is 0 Å². The summed E-state index contributed by atoms with van der Waals surface area (Å²) in [6.45, 7) is 0. The van der Waals surface area contributed by atoms with E-state index in [2.05, 4.69) is 65.9 Å². The molecule has 0 aliphatic carbocycles. The number of rotatable bonds is 30. The minimum absolute atomic E-state index is 0.730. The second-order valence-electron chi connectivity index (χ2n) is 12.7. The summed E-state index contributed by atoms with van der Waals surface area (Å²) in [5.41, 5.74) is 0. The summed E-state index contributed by atoms with van der Waals surface area (Å²) < 4.78 is 0. The zero-order valence-corrected chi connectivity index (χ0v) is 30.7. The van der Waals surface area contributed by atoms with E-state index in [9.17, 15) is 15.3 Å². The maximum absolute atomic E-state index is 9.93. The van der Waals surface area contributed by atoms with Crippen LogP contribution in [0.2, 0.25) is 0 Å². The molecule has 3 N–H and O–H groups in total. The fourth-order valence-electron chi connectivity index (χ4n) is 5.17. The summed E-state index contributed by atoms with van der Waals surface area (Å²) in [6.07, 6.45) is 57.9. The van der Waals surface area contributed by atoms with Gasteiger partial charge in [0.1, 0.15) is 12.2 Å². The molecule has 3 atom stereocenters. The third-order valence-corrected chi connectivity index (χ3v) is 8.13. The van der Waals surface area contributed by atoms with Gasteiger partial charge in [0.05, 0.1) is 0 Å². The van der Waals surface area contributed by atoms with Crippen molar-refractivity contribution in [2.45, 2.75) is 179 Å². The molecule has 0 aliphatic heterocycles. The molecule has 0 radical (unpaired) electrons. The van der Waals surface area contributed by atoms with Crippen LogP contribution in [0.25, 0.3) is 0 Å². The maximum Gasteiger partial charge on any atom is 0.176 e. The van der Waals surface area contributed by atoms with Crippen LogP contribution in [-0.4, -0.2) is 33.6 Å². The number of aliphatic hydroxyl groups is 3. The molecule has 0 amide bonds. The summed E-state index contributed by atoms with van der Waals surface area (Å²) in [5.74, 6) is 16.2. The van der Waals surface area contributed by atoms with E-state index in [1.165, 1.54) is 96.3 Å². The third-order valence-electron chi connectivity index (χ3n) is 8.13. The van der Waals surface area contributed by atoms with Gasteiger partial charge in [0.2, 0.25) is 0 Å². The Hall–Kier alpha value is -3.18. The highest BCUT2D eigenvalue weighted by molar-refractivity contribution is 5.24. The molecule has 0 saturated carbocycles. The standard InChI is InChI=1S/C46H68O3/c1-3-44(47)40-36-32-28-24-20-16-12-10-8-6-5-7-9-11-13-18-22-26-30-34-38-42-46(49)43-39-35-31-27-23-19-15-14-17-21-25-29-33-37-41-45(48)4-2/h1-2,13,15,18-19,30,34,36-37,40-41,44-49H,5-12,14,16-17,20-29,31-33,35H2/b18-13-,19-15-,34-30+,40-36+,41-37+. The number of aliphatic hydroxyl groups excluding tert-OH is 3. The van der Waals surface area contributed by atoms with Crippen LogP contribution in [0.4, 0.5) is 0 Å². The number of hydrogen-bond donors (Lipinski definition) is 3. The average molecular weight is 669 g/mol. The molecule has 0 heterocycles. The molecule has 270 valence electrons. The monoisotopic (exact) mass is 669 g/mol. The van der Waals surface area contributed by atoms with Gasteiger partial charge in [-0.3, -0.25) is 0 Å². The molecule has 0 bridgehead atoms. The first-order valence-corrected chi connectivity index (χ1v) is 19.3. The van der Waals surface area contributed by atoms with Crippen LogP contribution in [0, 0.1) is 48.4 Å². The molecule has 0 aromatic heterocycles. The van der Waals surface area contributed by atoms with E-state index >= 15 is 0 Å². The predicted octanol–water partition coefficient (Wildman–Crippen LogP) is 10.9. The lowest BCUT2D eigenvalue weighted by Crippen LogP contribution is -1.97. The van der Waals surface area contributed by atoms with Crippen LogP contribution < -0.4 is 0 Å². The SMILES string of the molecule is C#CC(O)/C=C/CCCCCC/C=C\CCCCC#CC(O)C#C/C=C/CC/C=C\CCCCCCCCCCCCC/C=C/C(O)C#C. The highest BCUT2D eigenvalue weighted by atomic mass is 16.3. The van der Waals surface area contributed by atoms with Crippen molar-refractivity contribution in [3.63, 3.8) is 0 Å². The van der Waals surface area contributed by atoms with Gasteiger partial charge in [0, 0.05) is 6.42 Å². The first-order valence-electron chi connectivity index (χ1n) is 19.3. The fraction of sp³-hybridized carbons (Fsp3) is 0.609. The Morgan fingerprint density at radius 3 is 1.22 bits per heavy atom. The highest BCUT2D eigenvalue weighted by Crippen LogP contribution is 2.13. The van der Waals surface area contributed by atoms with Crippen molar-refractivity contribution in [2.75, 3.05) is 0 Å². The van der Waals surface area contributed by atoms with Gasteiger partial charge in [-0.2, -0.15) is 0 Å². The fourth-order valence-corrected chi connectivity index (χ4v) is 5.17. The van der Waals surface area contributed by atoms with Crippen LogP contribution in [0.15, 0.2) is 60.8 Å². The lowest BCUT2D eigenvalue weighted by atomic mass is 10.0. The van der Waals surface area contributed by atoms with Gasteiger partial charge in [0.15, 0.2) is 6.10 Å².